The van der Waals surface area contributed by atoms with Gasteiger partial charge in [-0.05, 0) is 61.9 Å². The number of benzene rings is 3. The molecule has 27 heavy (non-hydrogen) atoms. The fraction of sp³-hybridized carbons (Fsp3) is 0.0909. The third kappa shape index (κ3) is 3.40. The second kappa shape index (κ2) is 6.61. The first-order valence-corrected chi connectivity index (χ1v) is 8.54. The molecular formula is C22H18N2O3. The van der Waals surface area contributed by atoms with Gasteiger partial charge in [0.05, 0.1) is 11.3 Å². The normalized spacial score (nSPS) is 11.5. The van der Waals surface area contributed by atoms with Crippen LogP contribution >= 0.6 is 0 Å². The number of rotatable bonds is 3. The van der Waals surface area contributed by atoms with E-state index in [0.717, 1.165) is 16.6 Å². The highest BCUT2D eigenvalue weighted by Gasteiger charge is 2.13. The summed E-state index contributed by atoms with van der Waals surface area (Å²) in [6.07, 6.45) is 1.59. The van der Waals surface area contributed by atoms with Crippen LogP contribution in [0.2, 0.25) is 0 Å². The zero-order valence-electron chi connectivity index (χ0n) is 15.0. The van der Waals surface area contributed by atoms with Crippen LogP contribution in [-0.2, 0) is 0 Å². The van der Waals surface area contributed by atoms with E-state index in [9.17, 15) is 10.2 Å². The zero-order valence-corrected chi connectivity index (χ0v) is 15.0. The summed E-state index contributed by atoms with van der Waals surface area (Å²) in [6.45, 7) is 3.94. The minimum atomic E-state index is 0.0654. The molecule has 4 rings (SSSR count). The number of oxazole rings is 1. The molecule has 0 radical (unpaired) electrons. The van der Waals surface area contributed by atoms with E-state index >= 15 is 0 Å². The molecule has 134 valence electrons. The number of hydrogen-bond donors (Lipinski definition) is 2. The summed E-state index contributed by atoms with van der Waals surface area (Å²) in [5.41, 5.74) is 5.22. The van der Waals surface area contributed by atoms with Crippen molar-refractivity contribution in [2.75, 3.05) is 0 Å². The maximum atomic E-state index is 10.2. The van der Waals surface area contributed by atoms with Gasteiger partial charge in [0, 0.05) is 11.8 Å². The van der Waals surface area contributed by atoms with Gasteiger partial charge in [-0.25, -0.2) is 4.98 Å². The van der Waals surface area contributed by atoms with Crippen molar-refractivity contribution in [2.45, 2.75) is 13.8 Å². The molecule has 0 amide bonds. The molecule has 3 aromatic carbocycles. The third-order valence-corrected chi connectivity index (χ3v) is 4.29. The topological polar surface area (TPSA) is 78.9 Å². The van der Waals surface area contributed by atoms with Gasteiger partial charge in [0.25, 0.3) is 0 Å². The van der Waals surface area contributed by atoms with Crippen molar-refractivity contribution >= 4 is 23.0 Å². The fourth-order valence-corrected chi connectivity index (χ4v) is 2.85. The van der Waals surface area contributed by atoms with Crippen molar-refractivity contribution in [1.82, 2.24) is 4.98 Å². The van der Waals surface area contributed by atoms with Crippen molar-refractivity contribution in [3.05, 3.63) is 71.3 Å². The SMILES string of the molecule is Cc1ccc(O)c(C=Nc2ccc(O)c(-c3nc4cc(C)ccc4o3)c2)c1. The van der Waals surface area contributed by atoms with Crippen LogP contribution in [0.5, 0.6) is 11.5 Å². The monoisotopic (exact) mass is 358 g/mol. The van der Waals surface area contributed by atoms with E-state index in [1.165, 1.54) is 0 Å². The highest BCUT2D eigenvalue weighted by atomic mass is 16.3. The summed E-state index contributed by atoms with van der Waals surface area (Å²) < 4.78 is 5.78. The Labute approximate surface area is 156 Å². The average molecular weight is 358 g/mol. The highest BCUT2D eigenvalue weighted by molar-refractivity contribution is 5.86. The Balaban J connectivity index is 1.72. The van der Waals surface area contributed by atoms with Crippen molar-refractivity contribution in [2.24, 2.45) is 4.99 Å². The van der Waals surface area contributed by atoms with Crippen LogP contribution in [0.15, 0.2) is 64.0 Å². The molecule has 0 saturated heterocycles. The van der Waals surface area contributed by atoms with Gasteiger partial charge in [-0.2, -0.15) is 0 Å². The summed E-state index contributed by atoms with van der Waals surface area (Å²) in [4.78, 5) is 8.88. The molecular weight excluding hydrogens is 340 g/mol. The Morgan fingerprint density at radius 1 is 0.889 bits per heavy atom. The molecule has 1 aromatic heterocycles. The summed E-state index contributed by atoms with van der Waals surface area (Å²) in [7, 11) is 0. The minimum absolute atomic E-state index is 0.0654. The van der Waals surface area contributed by atoms with Crippen molar-refractivity contribution in [3.63, 3.8) is 0 Å². The molecule has 0 saturated carbocycles. The molecule has 0 aliphatic heterocycles. The lowest BCUT2D eigenvalue weighted by Crippen LogP contribution is -1.84. The second-order valence-electron chi connectivity index (χ2n) is 6.51. The summed E-state index contributed by atoms with van der Waals surface area (Å²) >= 11 is 0. The molecule has 0 spiro atoms. The first kappa shape index (κ1) is 16.8. The van der Waals surface area contributed by atoms with E-state index in [1.807, 2.05) is 44.2 Å². The van der Waals surface area contributed by atoms with Gasteiger partial charge in [0.1, 0.15) is 17.0 Å². The summed E-state index contributed by atoms with van der Waals surface area (Å²) in [6, 6.07) is 16.0. The first-order valence-electron chi connectivity index (χ1n) is 8.54. The van der Waals surface area contributed by atoms with Crippen LogP contribution in [-0.4, -0.2) is 21.4 Å². The van der Waals surface area contributed by atoms with Gasteiger partial charge in [-0.1, -0.05) is 17.7 Å². The average Bonchev–Trinajstić information content (AvgIpc) is 3.06. The Kier molecular flexibility index (Phi) is 4.12. The summed E-state index contributed by atoms with van der Waals surface area (Å²) in [5.74, 6) is 0.567. The standard InChI is InChI=1S/C22H18N2O3/c1-13-3-6-19(25)15(9-13)12-23-16-5-7-20(26)17(11-16)22-24-18-10-14(2)4-8-21(18)27-22/h3-12,25-26H,1-2H3. The van der Waals surface area contributed by atoms with E-state index in [1.54, 1.807) is 30.5 Å². The number of aromatic hydroxyl groups is 2. The van der Waals surface area contributed by atoms with E-state index in [-0.39, 0.29) is 11.5 Å². The number of hydrogen-bond acceptors (Lipinski definition) is 5. The molecule has 0 aliphatic rings. The number of nitrogens with zero attached hydrogens (tertiary/aromatic N) is 2. The van der Waals surface area contributed by atoms with Crippen LogP contribution < -0.4 is 0 Å². The molecule has 0 atom stereocenters. The lowest BCUT2D eigenvalue weighted by molar-refractivity contribution is 0.473. The van der Waals surface area contributed by atoms with E-state index in [2.05, 4.69) is 9.98 Å². The van der Waals surface area contributed by atoms with Crippen LogP contribution in [0.25, 0.3) is 22.6 Å². The predicted molar refractivity (Wildman–Crippen MR) is 106 cm³/mol. The smallest absolute Gasteiger partial charge is 0.231 e. The van der Waals surface area contributed by atoms with Crippen molar-refractivity contribution in [3.8, 4) is 23.0 Å². The molecule has 5 nitrogen and oxygen atoms in total. The van der Waals surface area contributed by atoms with Crippen LogP contribution in [0.1, 0.15) is 16.7 Å². The second-order valence-corrected chi connectivity index (χ2v) is 6.51. The fourth-order valence-electron chi connectivity index (χ4n) is 2.85. The quantitative estimate of drug-likeness (QED) is 0.489. The Bertz CT molecular complexity index is 1180. The number of fused-ring (bicyclic) bond motifs is 1. The van der Waals surface area contributed by atoms with Gasteiger partial charge in [0.2, 0.25) is 5.89 Å². The number of aromatic nitrogens is 1. The Morgan fingerprint density at radius 2 is 1.63 bits per heavy atom. The van der Waals surface area contributed by atoms with Crippen LogP contribution in [0, 0.1) is 13.8 Å². The van der Waals surface area contributed by atoms with E-state index in [0.29, 0.717) is 28.3 Å². The van der Waals surface area contributed by atoms with Gasteiger partial charge < -0.3 is 14.6 Å². The Hall–Kier alpha value is -3.60. The Morgan fingerprint density at radius 3 is 2.48 bits per heavy atom. The molecule has 2 N–H and O–H groups in total. The lowest BCUT2D eigenvalue weighted by atomic mass is 10.1. The van der Waals surface area contributed by atoms with Gasteiger partial charge in [0.15, 0.2) is 5.58 Å². The number of phenols is 2. The van der Waals surface area contributed by atoms with Crippen molar-refractivity contribution in [1.29, 1.82) is 0 Å². The minimum Gasteiger partial charge on any atom is -0.507 e. The van der Waals surface area contributed by atoms with E-state index < -0.39 is 0 Å². The van der Waals surface area contributed by atoms with Crippen LogP contribution in [0.3, 0.4) is 0 Å². The third-order valence-electron chi connectivity index (χ3n) is 4.29. The van der Waals surface area contributed by atoms with Crippen molar-refractivity contribution < 1.29 is 14.6 Å². The molecule has 0 unspecified atom stereocenters. The predicted octanol–water partition coefficient (Wildman–Crippen LogP) is 5.27. The van der Waals surface area contributed by atoms with Gasteiger partial charge in [-0.15, -0.1) is 0 Å². The zero-order chi connectivity index (χ0) is 19.0. The number of aryl methyl sites for hydroxylation is 2. The molecule has 0 bridgehead atoms. The first-order chi connectivity index (χ1) is 13.0. The van der Waals surface area contributed by atoms with Crippen LogP contribution in [0.4, 0.5) is 5.69 Å². The molecule has 1 heterocycles. The highest BCUT2D eigenvalue weighted by Crippen LogP contribution is 2.34. The maximum absolute atomic E-state index is 10.2. The number of aliphatic imine (C=N–C) groups is 1. The molecule has 4 aromatic rings. The molecule has 5 heteroatoms. The lowest BCUT2D eigenvalue weighted by Gasteiger charge is -2.03. The molecule has 0 aliphatic carbocycles. The van der Waals surface area contributed by atoms with Gasteiger partial charge in [-0.3, -0.25) is 4.99 Å². The van der Waals surface area contributed by atoms with E-state index in [4.69, 9.17) is 4.42 Å². The number of phenolic OH excluding ortho intramolecular Hbond substituents is 2. The van der Waals surface area contributed by atoms with Gasteiger partial charge >= 0.3 is 0 Å². The summed E-state index contributed by atoms with van der Waals surface area (Å²) in [5, 5.41) is 20.2. The maximum Gasteiger partial charge on any atom is 0.231 e. The largest absolute Gasteiger partial charge is 0.507 e. The molecule has 0 fully saturated rings.